The van der Waals surface area contributed by atoms with Gasteiger partial charge in [0.2, 0.25) is 5.43 Å². The SMILES string of the molecule is Cc1ccc(-c2nc3c(c(=O)c4ccccc4n3C)c(=O)n2CCc2ccccc2)cc1. The van der Waals surface area contributed by atoms with Gasteiger partial charge < -0.3 is 4.57 Å². The lowest BCUT2D eigenvalue weighted by atomic mass is 10.1. The van der Waals surface area contributed by atoms with Crippen LogP contribution >= 0.6 is 0 Å². The van der Waals surface area contributed by atoms with Crippen molar-refractivity contribution in [2.75, 3.05) is 0 Å². The normalized spacial score (nSPS) is 11.3. The summed E-state index contributed by atoms with van der Waals surface area (Å²) in [7, 11) is 1.85. The van der Waals surface area contributed by atoms with Crippen LogP contribution in [-0.2, 0) is 20.0 Å². The Hall–Kier alpha value is -3.99. The number of pyridine rings is 1. The van der Waals surface area contributed by atoms with Crippen molar-refractivity contribution >= 4 is 21.9 Å². The van der Waals surface area contributed by atoms with E-state index in [2.05, 4.69) is 0 Å². The van der Waals surface area contributed by atoms with Crippen molar-refractivity contribution in [2.45, 2.75) is 19.9 Å². The third-order valence-electron chi connectivity index (χ3n) is 5.98. The van der Waals surface area contributed by atoms with Gasteiger partial charge >= 0.3 is 0 Å². The van der Waals surface area contributed by atoms with Crippen LogP contribution in [0, 0.1) is 6.92 Å². The summed E-state index contributed by atoms with van der Waals surface area (Å²) in [4.78, 5) is 31.9. The number of benzene rings is 3. The Balaban J connectivity index is 1.81. The molecule has 0 bridgehead atoms. The molecule has 0 spiro atoms. The van der Waals surface area contributed by atoms with Crippen LogP contribution in [0.15, 0.2) is 88.5 Å². The number of para-hydroxylation sites is 1. The van der Waals surface area contributed by atoms with Gasteiger partial charge in [0.1, 0.15) is 11.2 Å². The van der Waals surface area contributed by atoms with Crippen molar-refractivity contribution in [3.05, 3.63) is 111 Å². The van der Waals surface area contributed by atoms with Gasteiger partial charge in [0.25, 0.3) is 5.56 Å². The van der Waals surface area contributed by atoms with E-state index in [-0.39, 0.29) is 16.4 Å². The summed E-state index contributed by atoms with van der Waals surface area (Å²) in [5.74, 6) is 0.573. The zero-order chi connectivity index (χ0) is 22.2. The van der Waals surface area contributed by atoms with E-state index in [0.29, 0.717) is 29.8 Å². The highest BCUT2D eigenvalue weighted by Crippen LogP contribution is 2.21. The monoisotopic (exact) mass is 421 g/mol. The molecule has 2 aromatic heterocycles. The Morgan fingerprint density at radius 1 is 0.844 bits per heavy atom. The van der Waals surface area contributed by atoms with E-state index >= 15 is 0 Å². The highest BCUT2D eigenvalue weighted by atomic mass is 16.1. The Kier molecular flexibility index (Phi) is 4.94. The second kappa shape index (κ2) is 7.93. The topological polar surface area (TPSA) is 56.9 Å². The van der Waals surface area contributed by atoms with Crippen LogP contribution in [0.4, 0.5) is 0 Å². The van der Waals surface area contributed by atoms with E-state index in [9.17, 15) is 9.59 Å². The first-order valence-electron chi connectivity index (χ1n) is 10.7. The molecule has 5 nitrogen and oxygen atoms in total. The molecule has 0 aliphatic carbocycles. The largest absolute Gasteiger partial charge is 0.328 e. The van der Waals surface area contributed by atoms with Crippen molar-refractivity contribution in [1.82, 2.24) is 14.1 Å². The number of aryl methyl sites for hydroxylation is 3. The van der Waals surface area contributed by atoms with Crippen LogP contribution < -0.4 is 11.0 Å². The lowest BCUT2D eigenvalue weighted by Crippen LogP contribution is -2.29. The molecule has 3 aromatic carbocycles. The standard InChI is InChI=1S/C27H23N3O2/c1-18-12-14-20(15-13-18)25-28-26-23(24(31)21-10-6-7-11-22(21)29(26)2)27(32)30(25)17-16-19-8-4-3-5-9-19/h3-15H,16-17H2,1-2H3. The average molecular weight is 422 g/mol. The van der Waals surface area contributed by atoms with E-state index in [1.807, 2.05) is 91.3 Å². The Labute approximate surface area is 185 Å². The minimum Gasteiger partial charge on any atom is -0.328 e. The minimum atomic E-state index is -0.298. The molecule has 0 fully saturated rings. The molecule has 0 saturated carbocycles. The van der Waals surface area contributed by atoms with Crippen molar-refractivity contribution in [3.63, 3.8) is 0 Å². The molecule has 32 heavy (non-hydrogen) atoms. The van der Waals surface area contributed by atoms with Gasteiger partial charge in [0.05, 0.1) is 5.52 Å². The second-order valence-corrected chi connectivity index (χ2v) is 8.10. The van der Waals surface area contributed by atoms with Crippen LogP contribution in [0.25, 0.3) is 33.3 Å². The highest BCUT2D eigenvalue weighted by Gasteiger charge is 2.19. The zero-order valence-corrected chi connectivity index (χ0v) is 18.1. The molecule has 0 atom stereocenters. The molecule has 5 heteroatoms. The van der Waals surface area contributed by atoms with Gasteiger partial charge in [0.15, 0.2) is 5.65 Å². The van der Waals surface area contributed by atoms with Crippen molar-refractivity contribution in [1.29, 1.82) is 0 Å². The number of nitrogens with zero attached hydrogens (tertiary/aromatic N) is 3. The lowest BCUT2D eigenvalue weighted by Gasteiger charge is -2.16. The summed E-state index contributed by atoms with van der Waals surface area (Å²) in [5, 5.41) is 0.661. The second-order valence-electron chi connectivity index (χ2n) is 8.10. The third-order valence-corrected chi connectivity index (χ3v) is 5.98. The minimum absolute atomic E-state index is 0.134. The van der Waals surface area contributed by atoms with Crippen molar-refractivity contribution < 1.29 is 0 Å². The molecule has 5 aromatic rings. The van der Waals surface area contributed by atoms with E-state index < -0.39 is 0 Å². The highest BCUT2D eigenvalue weighted by molar-refractivity contribution is 5.91. The summed E-state index contributed by atoms with van der Waals surface area (Å²) in [6, 6.07) is 25.3. The number of aromatic nitrogens is 3. The quantitative estimate of drug-likeness (QED) is 0.403. The first-order chi connectivity index (χ1) is 15.5. The van der Waals surface area contributed by atoms with Gasteiger partial charge in [-0.1, -0.05) is 72.3 Å². The van der Waals surface area contributed by atoms with Gasteiger partial charge in [-0.15, -0.1) is 0 Å². The molecular formula is C27H23N3O2. The number of hydrogen-bond donors (Lipinski definition) is 0. The zero-order valence-electron chi connectivity index (χ0n) is 18.1. The molecular weight excluding hydrogens is 398 g/mol. The van der Waals surface area contributed by atoms with Gasteiger partial charge in [0, 0.05) is 24.5 Å². The molecule has 0 N–H and O–H groups in total. The maximum Gasteiger partial charge on any atom is 0.267 e. The van der Waals surface area contributed by atoms with E-state index in [4.69, 9.17) is 4.98 Å². The third kappa shape index (κ3) is 3.32. The molecule has 0 aliphatic rings. The molecule has 0 radical (unpaired) electrons. The summed E-state index contributed by atoms with van der Waals surface area (Å²) in [6.07, 6.45) is 0.667. The maximum atomic E-state index is 13.7. The Morgan fingerprint density at radius 3 is 2.28 bits per heavy atom. The molecule has 0 amide bonds. The Bertz CT molecular complexity index is 1560. The van der Waals surface area contributed by atoms with E-state index in [1.165, 1.54) is 0 Å². The fraction of sp³-hybridized carbons (Fsp3) is 0.148. The van der Waals surface area contributed by atoms with Gasteiger partial charge in [-0.3, -0.25) is 14.2 Å². The fourth-order valence-electron chi connectivity index (χ4n) is 4.21. The number of rotatable bonds is 4. The van der Waals surface area contributed by atoms with Gasteiger partial charge in [-0.05, 0) is 31.0 Å². The number of fused-ring (bicyclic) bond motifs is 2. The molecule has 158 valence electrons. The summed E-state index contributed by atoms with van der Waals surface area (Å²) in [5.41, 5.74) is 3.71. The average Bonchev–Trinajstić information content (AvgIpc) is 2.82. The van der Waals surface area contributed by atoms with E-state index in [1.54, 1.807) is 10.6 Å². The maximum absolute atomic E-state index is 13.7. The van der Waals surface area contributed by atoms with Crippen molar-refractivity contribution in [2.24, 2.45) is 7.05 Å². The molecule has 0 saturated heterocycles. The lowest BCUT2D eigenvalue weighted by molar-refractivity contribution is 0.669. The smallest absolute Gasteiger partial charge is 0.267 e. The molecule has 0 unspecified atom stereocenters. The predicted molar refractivity (Wildman–Crippen MR) is 129 cm³/mol. The molecule has 5 rings (SSSR count). The van der Waals surface area contributed by atoms with E-state index in [0.717, 1.165) is 22.2 Å². The first kappa shape index (κ1) is 19.9. The molecule has 0 aliphatic heterocycles. The van der Waals surface area contributed by atoms with Gasteiger partial charge in [-0.25, -0.2) is 4.98 Å². The van der Waals surface area contributed by atoms with Crippen LogP contribution in [0.2, 0.25) is 0 Å². The van der Waals surface area contributed by atoms with Gasteiger partial charge in [-0.2, -0.15) is 0 Å². The molecule has 2 heterocycles. The predicted octanol–water partition coefficient (Wildman–Crippen LogP) is 4.47. The first-order valence-corrected chi connectivity index (χ1v) is 10.7. The van der Waals surface area contributed by atoms with Crippen LogP contribution in [0.3, 0.4) is 0 Å². The Morgan fingerprint density at radius 2 is 1.53 bits per heavy atom. The van der Waals surface area contributed by atoms with Crippen LogP contribution in [0.5, 0.6) is 0 Å². The van der Waals surface area contributed by atoms with Crippen molar-refractivity contribution in [3.8, 4) is 11.4 Å². The summed E-state index contributed by atoms with van der Waals surface area (Å²) < 4.78 is 3.49. The van der Waals surface area contributed by atoms with Crippen LogP contribution in [0.1, 0.15) is 11.1 Å². The summed E-state index contributed by atoms with van der Waals surface area (Å²) in [6.45, 7) is 2.46. The summed E-state index contributed by atoms with van der Waals surface area (Å²) >= 11 is 0. The van der Waals surface area contributed by atoms with Crippen LogP contribution in [-0.4, -0.2) is 14.1 Å². The number of hydrogen-bond acceptors (Lipinski definition) is 3. The fourth-order valence-corrected chi connectivity index (χ4v) is 4.21.